The van der Waals surface area contributed by atoms with E-state index in [4.69, 9.17) is 0 Å². The third-order valence-corrected chi connectivity index (χ3v) is 1.57. The molecule has 0 atom stereocenters. The molecule has 2 aromatic heterocycles. The number of rotatable bonds is 1. The standard InChI is InChI=1S/C8H5N3O/c12-6-9-7-5-10-11-4-2-1-3-8(7)11/h1-5H. The molecule has 0 spiro atoms. The maximum absolute atomic E-state index is 9.99. The summed E-state index contributed by atoms with van der Waals surface area (Å²) in [6, 6.07) is 5.55. The molecule has 0 aliphatic carbocycles. The van der Waals surface area contributed by atoms with Gasteiger partial charge < -0.3 is 0 Å². The highest BCUT2D eigenvalue weighted by atomic mass is 16.1. The van der Waals surface area contributed by atoms with Gasteiger partial charge in [0, 0.05) is 6.20 Å². The SMILES string of the molecule is O=C=Nc1cnn2ccccc12. The fraction of sp³-hybridized carbons (Fsp3) is 0. The Morgan fingerprint density at radius 2 is 2.42 bits per heavy atom. The van der Waals surface area contributed by atoms with Gasteiger partial charge in [0.2, 0.25) is 6.08 Å². The minimum atomic E-state index is 0.547. The normalized spacial score (nSPS) is 9.67. The van der Waals surface area contributed by atoms with Crippen molar-refractivity contribution in [3.8, 4) is 0 Å². The summed E-state index contributed by atoms with van der Waals surface area (Å²) in [5, 5.41) is 3.98. The van der Waals surface area contributed by atoms with Gasteiger partial charge in [-0.25, -0.2) is 9.31 Å². The van der Waals surface area contributed by atoms with Crippen LogP contribution in [-0.2, 0) is 4.79 Å². The van der Waals surface area contributed by atoms with Gasteiger partial charge in [0.1, 0.15) is 5.69 Å². The zero-order chi connectivity index (χ0) is 8.39. The van der Waals surface area contributed by atoms with Crippen molar-refractivity contribution in [1.29, 1.82) is 0 Å². The summed E-state index contributed by atoms with van der Waals surface area (Å²) in [5.41, 5.74) is 1.35. The number of nitrogens with zero attached hydrogens (tertiary/aromatic N) is 3. The number of isocyanates is 1. The van der Waals surface area contributed by atoms with E-state index in [0.29, 0.717) is 5.69 Å². The molecule has 0 N–H and O–H groups in total. The second-order valence-electron chi connectivity index (χ2n) is 2.26. The van der Waals surface area contributed by atoms with Crippen molar-refractivity contribution >= 4 is 17.3 Å². The first-order valence-corrected chi connectivity index (χ1v) is 3.42. The minimum Gasteiger partial charge on any atom is -0.239 e. The average molecular weight is 159 g/mol. The zero-order valence-corrected chi connectivity index (χ0v) is 6.14. The van der Waals surface area contributed by atoms with Crippen molar-refractivity contribution in [3.63, 3.8) is 0 Å². The van der Waals surface area contributed by atoms with E-state index in [9.17, 15) is 4.79 Å². The Labute approximate surface area is 68.2 Å². The third kappa shape index (κ3) is 0.909. The fourth-order valence-corrected chi connectivity index (χ4v) is 1.06. The highest BCUT2D eigenvalue weighted by Gasteiger charge is 1.99. The number of hydrogen-bond donors (Lipinski definition) is 0. The largest absolute Gasteiger partial charge is 0.240 e. The van der Waals surface area contributed by atoms with Crippen LogP contribution >= 0.6 is 0 Å². The first-order chi connectivity index (χ1) is 5.92. The molecule has 0 fully saturated rings. The minimum absolute atomic E-state index is 0.547. The van der Waals surface area contributed by atoms with Crippen LogP contribution in [0.4, 0.5) is 5.69 Å². The molecule has 0 saturated heterocycles. The van der Waals surface area contributed by atoms with Crippen LogP contribution in [-0.4, -0.2) is 15.7 Å². The van der Waals surface area contributed by atoms with Gasteiger partial charge in [-0.2, -0.15) is 10.1 Å². The van der Waals surface area contributed by atoms with Gasteiger partial charge in [-0.05, 0) is 12.1 Å². The molecule has 0 amide bonds. The predicted molar refractivity (Wildman–Crippen MR) is 43.0 cm³/mol. The summed E-state index contributed by atoms with van der Waals surface area (Å²) < 4.78 is 1.65. The van der Waals surface area contributed by atoms with Crippen molar-refractivity contribution in [2.45, 2.75) is 0 Å². The Morgan fingerprint density at radius 1 is 1.50 bits per heavy atom. The Hall–Kier alpha value is -1.93. The fourth-order valence-electron chi connectivity index (χ4n) is 1.06. The Bertz CT molecular complexity index is 454. The number of fused-ring (bicyclic) bond motifs is 1. The lowest BCUT2D eigenvalue weighted by Gasteiger charge is -1.89. The van der Waals surface area contributed by atoms with E-state index >= 15 is 0 Å². The smallest absolute Gasteiger partial charge is 0.239 e. The lowest BCUT2D eigenvalue weighted by Crippen LogP contribution is -1.81. The van der Waals surface area contributed by atoms with Crippen molar-refractivity contribution in [2.24, 2.45) is 4.99 Å². The molecule has 4 nitrogen and oxygen atoms in total. The maximum Gasteiger partial charge on any atom is 0.240 e. The summed E-state index contributed by atoms with van der Waals surface area (Å²) in [4.78, 5) is 13.5. The molecule has 2 rings (SSSR count). The van der Waals surface area contributed by atoms with Crippen molar-refractivity contribution in [2.75, 3.05) is 0 Å². The van der Waals surface area contributed by atoms with Crippen LogP contribution in [0.15, 0.2) is 35.6 Å². The Kier molecular flexibility index (Phi) is 1.47. The first-order valence-electron chi connectivity index (χ1n) is 3.42. The first kappa shape index (κ1) is 6.76. The molecule has 2 aromatic rings. The topological polar surface area (TPSA) is 46.7 Å². The molecule has 12 heavy (non-hydrogen) atoms. The van der Waals surface area contributed by atoms with E-state index in [1.54, 1.807) is 10.7 Å². The van der Waals surface area contributed by atoms with Gasteiger partial charge in [0.05, 0.1) is 11.7 Å². The summed E-state index contributed by atoms with van der Waals surface area (Å²) in [6.45, 7) is 0. The van der Waals surface area contributed by atoms with Gasteiger partial charge >= 0.3 is 0 Å². The van der Waals surface area contributed by atoms with Crippen molar-refractivity contribution in [3.05, 3.63) is 30.6 Å². The molecular weight excluding hydrogens is 154 g/mol. The molecule has 0 unspecified atom stereocenters. The van der Waals surface area contributed by atoms with Crippen LogP contribution in [0.5, 0.6) is 0 Å². The monoisotopic (exact) mass is 159 g/mol. The Morgan fingerprint density at radius 3 is 3.25 bits per heavy atom. The van der Waals surface area contributed by atoms with E-state index in [1.807, 2.05) is 18.2 Å². The van der Waals surface area contributed by atoms with Crippen LogP contribution in [0, 0.1) is 0 Å². The molecular formula is C8H5N3O. The maximum atomic E-state index is 9.99. The van der Waals surface area contributed by atoms with Crippen LogP contribution in [0.2, 0.25) is 0 Å². The van der Waals surface area contributed by atoms with Gasteiger partial charge in [-0.1, -0.05) is 6.07 Å². The number of pyridine rings is 1. The van der Waals surface area contributed by atoms with Gasteiger partial charge in [0.15, 0.2) is 0 Å². The molecule has 4 heteroatoms. The summed E-state index contributed by atoms with van der Waals surface area (Å²) in [5.74, 6) is 0. The van der Waals surface area contributed by atoms with Crippen LogP contribution in [0.25, 0.3) is 5.52 Å². The molecule has 0 aliphatic rings. The number of aromatic nitrogens is 2. The summed E-state index contributed by atoms with van der Waals surface area (Å²) >= 11 is 0. The van der Waals surface area contributed by atoms with Crippen molar-refractivity contribution < 1.29 is 4.79 Å². The lowest BCUT2D eigenvalue weighted by atomic mass is 10.4. The number of carbonyl (C=O) groups excluding carboxylic acids is 1. The van der Waals surface area contributed by atoms with Gasteiger partial charge in [-0.3, -0.25) is 0 Å². The second kappa shape index (κ2) is 2.60. The number of hydrogen-bond acceptors (Lipinski definition) is 3. The predicted octanol–water partition coefficient (Wildman–Crippen LogP) is 1.30. The quantitative estimate of drug-likeness (QED) is 0.465. The van der Waals surface area contributed by atoms with E-state index in [0.717, 1.165) is 5.52 Å². The van der Waals surface area contributed by atoms with E-state index in [2.05, 4.69) is 10.1 Å². The molecule has 0 aliphatic heterocycles. The molecule has 0 radical (unpaired) electrons. The van der Waals surface area contributed by atoms with Crippen LogP contribution in [0.3, 0.4) is 0 Å². The van der Waals surface area contributed by atoms with E-state index < -0.39 is 0 Å². The third-order valence-electron chi connectivity index (χ3n) is 1.57. The summed E-state index contributed by atoms with van der Waals surface area (Å²) in [6.07, 6.45) is 4.80. The van der Waals surface area contributed by atoms with Crippen molar-refractivity contribution in [1.82, 2.24) is 9.61 Å². The molecule has 58 valence electrons. The highest BCUT2D eigenvalue weighted by molar-refractivity contribution is 5.70. The van der Waals surface area contributed by atoms with Crippen LogP contribution in [0.1, 0.15) is 0 Å². The summed E-state index contributed by atoms with van der Waals surface area (Å²) in [7, 11) is 0. The van der Waals surface area contributed by atoms with Gasteiger partial charge in [0.25, 0.3) is 0 Å². The average Bonchev–Trinajstić information content (AvgIpc) is 2.50. The molecule has 0 saturated carbocycles. The van der Waals surface area contributed by atoms with E-state index in [1.165, 1.54) is 12.3 Å². The van der Waals surface area contributed by atoms with Crippen LogP contribution < -0.4 is 0 Å². The van der Waals surface area contributed by atoms with E-state index in [-0.39, 0.29) is 0 Å². The second-order valence-corrected chi connectivity index (χ2v) is 2.26. The zero-order valence-electron chi connectivity index (χ0n) is 6.14. The lowest BCUT2D eigenvalue weighted by molar-refractivity contribution is 0.565. The molecule has 2 heterocycles. The van der Waals surface area contributed by atoms with Gasteiger partial charge in [-0.15, -0.1) is 0 Å². The Balaban J connectivity index is 2.78. The molecule has 0 bridgehead atoms. The number of aliphatic imine (C=N–C) groups is 1. The highest BCUT2D eigenvalue weighted by Crippen LogP contribution is 2.17. The molecule has 0 aromatic carbocycles.